The van der Waals surface area contributed by atoms with Gasteiger partial charge in [-0.25, -0.2) is 4.98 Å². The first kappa shape index (κ1) is 17.5. The molecular weight excluding hydrogens is 367 g/mol. The lowest BCUT2D eigenvalue weighted by molar-refractivity contribution is 0.0691. The van der Waals surface area contributed by atoms with Crippen LogP contribution in [0.1, 0.15) is 30.3 Å². The number of benzene rings is 1. The van der Waals surface area contributed by atoms with Crippen LogP contribution in [0.3, 0.4) is 0 Å². The molecule has 0 spiro atoms. The van der Waals surface area contributed by atoms with E-state index in [1.54, 1.807) is 30.3 Å². The maximum absolute atomic E-state index is 12.7. The maximum atomic E-state index is 12.7. The summed E-state index contributed by atoms with van der Waals surface area (Å²) in [5.74, 6) is 0.616. The Hall–Kier alpha value is -1.29. The van der Waals surface area contributed by atoms with Crippen LogP contribution >= 0.6 is 34.8 Å². The van der Waals surface area contributed by atoms with Gasteiger partial charge in [0.25, 0.3) is 5.91 Å². The molecule has 0 atom stereocenters. The van der Waals surface area contributed by atoms with Gasteiger partial charge in [-0.3, -0.25) is 4.79 Å². The quantitative estimate of drug-likeness (QED) is 0.678. The molecule has 2 aromatic rings. The number of likely N-dealkylation sites (tertiary alicyclic amines) is 1. The van der Waals surface area contributed by atoms with Gasteiger partial charge in [0.2, 0.25) is 0 Å². The van der Waals surface area contributed by atoms with Gasteiger partial charge in [-0.2, -0.15) is 0 Å². The normalized spacial score (nSPS) is 15.6. The summed E-state index contributed by atoms with van der Waals surface area (Å²) < 4.78 is 0. The molecule has 3 rings (SSSR count). The third kappa shape index (κ3) is 3.69. The van der Waals surface area contributed by atoms with Crippen molar-refractivity contribution in [2.45, 2.75) is 19.8 Å². The molecule has 0 unspecified atom stereocenters. The van der Waals surface area contributed by atoms with Crippen LogP contribution in [0.2, 0.25) is 15.1 Å². The second-order valence-corrected chi connectivity index (χ2v) is 7.38. The van der Waals surface area contributed by atoms with Crippen LogP contribution in [-0.4, -0.2) is 28.9 Å². The molecule has 1 aromatic carbocycles. The Morgan fingerprint density at radius 1 is 1.12 bits per heavy atom. The van der Waals surface area contributed by atoms with E-state index in [9.17, 15) is 4.79 Å². The molecule has 3 nitrogen and oxygen atoms in total. The Bertz CT molecular complexity index is 748. The zero-order valence-corrected chi connectivity index (χ0v) is 15.5. The molecule has 0 N–H and O–H groups in total. The van der Waals surface area contributed by atoms with Crippen molar-refractivity contribution in [3.63, 3.8) is 0 Å². The summed E-state index contributed by atoms with van der Waals surface area (Å²) >= 11 is 18.5. The third-order valence-electron chi connectivity index (χ3n) is 4.30. The SMILES string of the molecule is CC1CCN(C(=O)c2cccc(-c3c(Cl)cc(Cl)cc3Cl)n2)CC1. The second-order valence-electron chi connectivity index (χ2n) is 6.13. The summed E-state index contributed by atoms with van der Waals surface area (Å²) in [5.41, 5.74) is 1.56. The molecule has 0 aliphatic carbocycles. The van der Waals surface area contributed by atoms with E-state index in [2.05, 4.69) is 11.9 Å². The summed E-state index contributed by atoms with van der Waals surface area (Å²) in [6, 6.07) is 8.54. The molecule has 0 saturated carbocycles. The average molecular weight is 384 g/mol. The Kier molecular flexibility index (Phi) is 5.33. The third-order valence-corrected chi connectivity index (χ3v) is 5.12. The summed E-state index contributed by atoms with van der Waals surface area (Å²) in [5, 5.41) is 1.29. The fraction of sp³-hybridized carbons (Fsp3) is 0.333. The van der Waals surface area contributed by atoms with Crippen LogP contribution in [0.4, 0.5) is 0 Å². The molecular formula is C18H17Cl3N2O. The van der Waals surface area contributed by atoms with Crippen molar-refractivity contribution >= 4 is 40.7 Å². The van der Waals surface area contributed by atoms with Crippen molar-refractivity contribution in [1.82, 2.24) is 9.88 Å². The summed E-state index contributed by atoms with van der Waals surface area (Å²) in [6.45, 7) is 3.76. The first-order valence-corrected chi connectivity index (χ1v) is 9.00. The predicted octanol–water partition coefficient (Wildman–Crippen LogP) is 5.58. The number of rotatable bonds is 2. The Morgan fingerprint density at radius 3 is 2.38 bits per heavy atom. The topological polar surface area (TPSA) is 33.2 Å². The smallest absolute Gasteiger partial charge is 0.272 e. The van der Waals surface area contributed by atoms with Gasteiger partial charge in [-0.1, -0.05) is 47.8 Å². The molecule has 126 valence electrons. The number of nitrogens with zero attached hydrogens (tertiary/aromatic N) is 2. The van der Waals surface area contributed by atoms with Crippen molar-refractivity contribution < 1.29 is 4.79 Å². The molecule has 24 heavy (non-hydrogen) atoms. The van der Waals surface area contributed by atoms with Gasteiger partial charge in [-0.15, -0.1) is 0 Å². The monoisotopic (exact) mass is 382 g/mol. The number of halogens is 3. The number of pyridine rings is 1. The van der Waals surface area contributed by atoms with E-state index in [4.69, 9.17) is 34.8 Å². The maximum Gasteiger partial charge on any atom is 0.272 e. The molecule has 0 radical (unpaired) electrons. The average Bonchev–Trinajstić information content (AvgIpc) is 2.54. The van der Waals surface area contributed by atoms with Crippen molar-refractivity contribution in [2.24, 2.45) is 5.92 Å². The van der Waals surface area contributed by atoms with Crippen molar-refractivity contribution in [2.75, 3.05) is 13.1 Å². The minimum Gasteiger partial charge on any atom is -0.337 e. The van der Waals surface area contributed by atoms with E-state index in [0.717, 1.165) is 25.9 Å². The molecule has 1 aromatic heterocycles. The number of amides is 1. The molecule has 1 aliphatic heterocycles. The number of carbonyl (C=O) groups excluding carboxylic acids is 1. The minimum absolute atomic E-state index is 0.0510. The van der Waals surface area contributed by atoms with Crippen LogP contribution in [0.15, 0.2) is 30.3 Å². The summed E-state index contributed by atoms with van der Waals surface area (Å²) in [6.07, 6.45) is 2.06. The van der Waals surface area contributed by atoms with Crippen LogP contribution in [0, 0.1) is 5.92 Å². The Balaban J connectivity index is 1.91. The fourth-order valence-electron chi connectivity index (χ4n) is 2.85. The van der Waals surface area contributed by atoms with Gasteiger partial charge in [0.1, 0.15) is 5.69 Å². The van der Waals surface area contributed by atoms with Crippen molar-refractivity contribution in [3.05, 3.63) is 51.1 Å². The van der Waals surface area contributed by atoms with Crippen LogP contribution in [-0.2, 0) is 0 Å². The predicted molar refractivity (Wildman–Crippen MR) is 99.0 cm³/mol. The molecule has 1 saturated heterocycles. The number of piperidine rings is 1. The molecule has 0 bridgehead atoms. The van der Waals surface area contributed by atoms with E-state index < -0.39 is 0 Å². The fourth-order valence-corrected chi connectivity index (χ4v) is 3.86. The highest BCUT2D eigenvalue weighted by molar-refractivity contribution is 6.41. The van der Waals surface area contributed by atoms with E-state index in [1.165, 1.54) is 0 Å². The molecule has 6 heteroatoms. The largest absolute Gasteiger partial charge is 0.337 e. The van der Waals surface area contributed by atoms with E-state index in [1.807, 2.05) is 4.90 Å². The first-order chi connectivity index (χ1) is 11.5. The Labute approximate surface area is 156 Å². The summed E-state index contributed by atoms with van der Waals surface area (Å²) in [7, 11) is 0. The van der Waals surface area contributed by atoms with Gasteiger partial charge >= 0.3 is 0 Å². The van der Waals surface area contributed by atoms with Gasteiger partial charge in [0.15, 0.2) is 0 Å². The molecule has 1 fully saturated rings. The van der Waals surface area contributed by atoms with Crippen LogP contribution in [0.25, 0.3) is 11.3 Å². The summed E-state index contributed by atoms with van der Waals surface area (Å²) in [4.78, 5) is 19.0. The minimum atomic E-state index is -0.0510. The van der Waals surface area contributed by atoms with Crippen molar-refractivity contribution in [3.8, 4) is 11.3 Å². The molecule has 1 aliphatic rings. The zero-order valence-electron chi connectivity index (χ0n) is 13.2. The Morgan fingerprint density at radius 2 is 1.75 bits per heavy atom. The highest BCUT2D eigenvalue weighted by atomic mass is 35.5. The molecule has 1 amide bonds. The van der Waals surface area contributed by atoms with Crippen LogP contribution < -0.4 is 0 Å². The highest BCUT2D eigenvalue weighted by Crippen LogP contribution is 2.36. The first-order valence-electron chi connectivity index (χ1n) is 7.87. The number of hydrogen-bond donors (Lipinski definition) is 0. The number of carbonyl (C=O) groups is 1. The van der Waals surface area contributed by atoms with E-state index in [-0.39, 0.29) is 5.91 Å². The lowest BCUT2D eigenvalue weighted by atomic mass is 9.99. The van der Waals surface area contributed by atoms with Gasteiger partial charge in [-0.05, 0) is 43.0 Å². The van der Waals surface area contributed by atoms with Crippen molar-refractivity contribution in [1.29, 1.82) is 0 Å². The van der Waals surface area contributed by atoms with E-state index in [0.29, 0.717) is 37.9 Å². The second kappa shape index (κ2) is 7.30. The van der Waals surface area contributed by atoms with E-state index >= 15 is 0 Å². The van der Waals surface area contributed by atoms with Gasteiger partial charge in [0, 0.05) is 23.7 Å². The zero-order chi connectivity index (χ0) is 17.3. The highest BCUT2D eigenvalue weighted by Gasteiger charge is 2.23. The lowest BCUT2D eigenvalue weighted by Crippen LogP contribution is -2.38. The number of aromatic nitrogens is 1. The molecule has 2 heterocycles. The van der Waals surface area contributed by atoms with Crippen LogP contribution in [0.5, 0.6) is 0 Å². The van der Waals surface area contributed by atoms with Gasteiger partial charge in [0.05, 0.1) is 15.7 Å². The number of hydrogen-bond acceptors (Lipinski definition) is 2. The standard InChI is InChI=1S/C18H17Cl3N2O/c1-11-5-7-23(8-6-11)18(24)16-4-2-3-15(22-16)17-13(20)9-12(19)10-14(17)21/h2-4,9-11H,5-8H2,1H3. The lowest BCUT2D eigenvalue weighted by Gasteiger charge is -2.30. The van der Waals surface area contributed by atoms with Gasteiger partial charge < -0.3 is 4.90 Å².